The first kappa shape index (κ1) is 23.3. The summed E-state index contributed by atoms with van der Waals surface area (Å²) in [5.41, 5.74) is 2.23. The number of amides is 2. The Morgan fingerprint density at radius 3 is 2.25 bits per heavy atom. The van der Waals surface area contributed by atoms with Crippen LogP contribution in [-0.2, 0) is 14.3 Å². The fraction of sp³-hybridized carbons (Fsp3) is 0.400. The summed E-state index contributed by atoms with van der Waals surface area (Å²) in [6.45, 7) is 5.99. The van der Waals surface area contributed by atoms with E-state index in [4.69, 9.17) is 4.74 Å². The maximum absolute atomic E-state index is 12.9. The summed E-state index contributed by atoms with van der Waals surface area (Å²) in [5.74, 6) is -0.351. The summed E-state index contributed by atoms with van der Waals surface area (Å²) >= 11 is 0. The van der Waals surface area contributed by atoms with E-state index < -0.39 is 0 Å². The second-order valence-corrected chi connectivity index (χ2v) is 7.72. The van der Waals surface area contributed by atoms with Crippen molar-refractivity contribution in [1.29, 1.82) is 0 Å². The minimum Gasteiger partial charge on any atom is -0.466 e. The van der Waals surface area contributed by atoms with E-state index in [1.807, 2.05) is 49.4 Å². The van der Waals surface area contributed by atoms with Crippen molar-refractivity contribution in [2.24, 2.45) is 5.92 Å². The van der Waals surface area contributed by atoms with Gasteiger partial charge in [0.05, 0.1) is 19.1 Å². The van der Waals surface area contributed by atoms with Gasteiger partial charge in [0.2, 0.25) is 5.91 Å². The quantitative estimate of drug-likeness (QED) is 0.639. The van der Waals surface area contributed by atoms with E-state index in [9.17, 15) is 14.4 Å². The average molecular weight is 438 g/mol. The second kappa shape index (κ2) is 11.3. The van der Waals surface area contributed by atoms with Gasteiger partial charge in [0.1, 0.15) is 0 Å². The Bertz CT molecular complexity index is 907. The van der Waals surface area contributed by atoms with Crippen molar-refractivity contribution in [3.63, 3.8) is 0 Å². The van der Waals surface area contributed by atoms with E-state index in [0.717, 1.165) is 11.4 Å². The Labute approximate surface area is 189 Å². The Kier molecular flexibility index (Phi) is 8.25. The van der Waals surface area contributed by atoms with Gasteiger partial charge in [-0.2, -0.15) is 0 Å². The van der Waals surface area contributed by atoms with Crippen molar-refractivity contribution in [3.8, 4) is 0 Å². The molecular weight excluding hydrogens is 406 g/mol. The summed E-state index contributed by atoms with van der Waals surface area (Å²) < 4.78 is 5.07. The van der Waals surface area contributed by atoms with E-state index in [1.165, 1.54) is 0 Å². The first-order chi connectivity index (χ1) is 15.5. The van der Waals surface area contributed by atoms with Gasteiger partial charge in [-0.3, -0.25) is 14.4 Å². The molecule has 1 aliphatic heterocycles. The molecule has 7 nitrogen and oxygen atoms in total. The zero-order chi connectivity index (χ0) is 22.9. The molecule has 1 heterocycles. The number of esters is 1. The van der Waals surface area contributed by atoms with Gasteiger partial charge < -0.3 is 19.9 Å². The van der Waals surface area contributed by atoms with Crippen LogP contribution in [0.5, 0.6) is 0 Å². The standard InChI is InChI=1S/C25H31N3O4/c1-3-28(22-8-6-5-7-9-22)24(30)19-10-12-21(13-11-19)26-18-23(29)27-16-14-20(15-17-27)25(31)32-4-2/h5-13,20,26H,3-4,14-18H2,1-2H3. The smallest absolute Gasteiger partial charge is 0.309 e. The van der Waals surface area contributed by atoms with Crippen LogP contribution in [0.2, 0.25) is 0 Å². The summed E-state index contributed by atoms with van der Waals surface area (Å²) in [6.07, 6.45) is 1.27. The molecular formula is C25H31N3O4. The lowest BCUT2D eigenvalue weighted by molar-refractivity contribution is -0.151. The predicted octanol–water partition coefficient (Wildman–Crippen LogP) is 3.57. The van der Waals surface area contributed by atoms with Gasteiger partial charge in [0, 0.05) is 36.6 Å². The van der Waals surface area contributed by atoms with Crippen LogP contribution < -0.4 is 10.2 Å². The number of carbonyl (C=O) groups excluding carboxylic acids is 3. The number of piperidine rings is 1. The van der Waals surface area contributed by atoms with Gasteiger partial charge in [-0.1, -0.05) is 18.2 Å². The number of ether oxygens (including phenoxy) is 1. The minimum absolute atomic E-state index is 0.00584. The van der Waals surface area contributed by atoms with Crippen molar-refractivity contribution in [2.75, 3.05) is 43.0 Å². The third-order valence-electron chi connectivity index (χ3n) is 5.67. The molecule has 0 atom stereocenters. The molecule has 2 aromatic carbocycles. The molecule has 170 valence electrons. The number of hydrogen-bond acceptors (Lipinski definition) is 5. The predicted molar refractivity (Wildman–Crippen MR) is 125 cm³/mol. The highest BCUT2D eigenvalue weighted by atomic mass is 16.5. The second-order valence-electron chi connectivity index (χ2n) is 7.72. The van der Waals surface area contributed by atoms with Crippen molar-refractivity contribution >= 4 is 29.2 Å². The molecule has 3 rings (SSSR count). The largest absolute Gasteiger partial charge is 0.466 e. The summed E-state index contributed by atoms with van der Waals surface area (Å²) in [5, 5.41) is 3.13. The Morgan fingerprint density at radius 2 is 1.66 bits per heavy atom. The van der Waals surface area contributed by atoms with Crippen LogP contribution in [0.25, 0.3) is 0 Å². The number of rotatable bonds is 8. The lowest BCUT2D eigenvalue weighted by Gasteiger charge is -2.31. The Morgan fingerprint density at radius 1 is 1.00 bits per heavy atom. The molecule has 7 heteroatoms. The van der Waals surface area contributed by atoms with Gasteiger partial charge in [0.15, 0.2) is 0 Å². The lowest BCUT2D eigenvalue weighted by Crippen LogP contribution is -2.43. The fourth-order valence-corrected chi connectivity index (χ4v) is 3.85. The molecule has 2 aromatic rings. The zero-order valence-corrected chi connectivity index (χ0v) is 18.8. The van der Waals surface area contributed by atoms with Crippen LogP contribution >= 0.6 is 0 Å². The maximum atomic E-state index is 12.9. The number of likely N-dealkylation sites (tertiary alicyclic amines) is 1. The maximum Gasteiger partial charge on any atom is 0.309 e. The molecule has 0 aromatic heterocycles. The molecule has 32 heavy (non-hydrogen) atoms. The molecule has 0 aliphatic carbocycles. The first-order valence-electron chi connectivity index (χ1n) is 11.2. The van der Waals surface area contributed by atoms with E-state index >= 15 is 0 Å². The molecule has 1 N–H and O–H groups in total. The molecule has 0 saturated carbocycles. The molecule has 1 saturated heterocycles. The zero-order valence-electron chi connectivity index (χ0n) is 18.8. The summed E-state index contributed by atoms with van der Waals surface area (Å²) in [6, 6.07) is 16.7. The van der Waals surface area contributed by atoms with Gasteiger partial charge in [-0.05, 0) is 63.1 Å². The van der Waals surface area contributed by atoms with Gasteiger partial charge in [0.25, 0.3) is 5.91 Å². The number of anilines is 2. The fourth-order valence-electron chi connectivity index (χ4n) is 3.85. The van der Waals surface area contributed by atoms with E-state index in [-0.39, 0.29) is 30.2 Å². The first-order valence-corrected chi connectivity index (χ1v) is 11.2. The summed E-state index contributed by atoms with van der Waals surface area (Å²) in [7, 11) is 0. The van der Waals surface area contributed by atoms with Crippen molar-refractivity contribution in [2.45, 2.75) is 26.7 Å². The lowest BCUT2D eigenvalue weighted by atomic mass is 9.97. The van der Waals surface area contributed by atoms with Crippen molar-refractivity contribution in [3.05, 3.63) is 60.2 Å². The molecule has 0 unspecified atom stereocenters. The molecule has 0 bridgehead atoms. The van der Waals surface area contributed by atoms with Crippen LogP contribution in [0.15, 0.2) is 54.6 Å². The normalized spacial score (nSPS) is 14.0. The van der Waals surface area contributed by atoms with Crippen LogP contribution in [0.3, 0.4) is 0 Å². The minimum atomic E-state index is -0.165. The Balaban J connectivity index is 1.50. The summed E-state index contributed by atoms with van der Waals surface area (Å²) in [4.78, 5) is 40.8. The van der Waals surface area contributed by atoms with Gasteiger partial charge in [-0.25, -0.2) is 0 Å². The molecule has 1 fully saturated rings. The van der Waals surface area contributed by atoms with Crippen molar-refractivity contribution < 1.29 is 19.1 Å². The number of nitrogens with zero attached hydrogens (tertiary/aromatic N) is 2. The van der Waals surface area contributed by atoms with Crippen LogP contribution in [0.4, 0.5) is 11.4 Å². The highest BCUT2D eigenvalue weighted by molar-refractivity contribution is 6.06. The van der Waals surface area contributed by atoms with Crippen LogP contribution in [0.1, 0.15) is 37.0 Å². The van der Waals surface area contributed by atoms with Crippen LogP contribution in [-0.4, -0.2) is 55.5 Å². The topological polar surface area (TPSA) is 79.0 Å². The SMILES string of the molecule is CCOC(=O)C1CCN(C(=O)CNc2ccc(C(=O)N(CC)c3ccccc3)cc2)CC1. The molecule has 2 amide bonds. The highest BCUT2D eigenvalue weighted by Gasteiger charge is 2.28. The molecule has 0 radical (unpaired) electrons. The number of carbonyl (C=O) groups is 3. The Hall–Kier alpha value is -3.35. The number of para-hydroxylation sites is 1. The third kappa shape index (κ3) is 5.87. The number of benzene rings is 2. The van der Waals surface area contributed by atoms with E-state index in [1.54, 1.807) is 28.9 Å². The van der Waals surface area contributed by atoms with Gasteiger partial charge >= 0.3 is 5.97 Å². The molecule has 1 aliphatic rings. The monoisotopic (exact) mass is 437 g/mol. The number of hydrogen-bond donors (Lipinski definition) is 1. The average Bonchev–Trinajstić information content (AvgIpc) is 2.84. The number of nitrogens with one attached hydrogen (secondary N) is 1. The third-order valence-corrected chi connectivity index (χ3v) is 5.67. The van der Waals surface area contributed by atoms with E-state index in [2.05, 4.69) is 5.32 Å². The molecule has 0 spiro atoms. The van der Waals surface area contributed by atoms with Crippen molar-refractivity contribution in [1.82, 2.24) is 4.90 Å². The highest BCUT2D eigenvalue weighted by Crippen LogP contribution is 2.20. The van der Waals surface area contributed by atoms with Crippen LogP contribution in [0, 0.1) is 5.92 Å². The van der Waals surface area contributed by atoms with E-state index in [0.29, 0.717) is 44.6 Å². The van der Waals surface area contributed by atoms with Gasteiger partial charge in [-0.15, -0.1) is 0 Å².